The molecule has 1 aliphatic rings. The van der Waals surface area contributed by atoms with Crippen LogP contribution in [0.3, 0.4) is 0 Å². The Bertz CT molecular complexity index is 1390. The van der Waals surface area contributed by atoms with Crippen molar-refractivity contribution >= 4 is 63.5 Å². The first kappa shape index (κ1) is 28.7. The summed E-state index contributed by atoms with van der Waals surface area (Å²) in [7, 11) is 0. The number of thioether (sulfide) groups is 1. The number of anilines is 1. The van der Waals surface area contributed by atoms with E-state index >= 15 is 0 Å². The molecule has 0 radical (unpaired) electrons. The van der Waals surface area contributed by atoms with Gasteiger partial charge in [-0.2, -0.15) is 0 Å². The van der Waals surface area contributed by atoms with Gasteiger partial charge >= 0.3 is 0 Å². The maximum atomic E-state index is 13.3. The predicted octanol–water partition coefficient (Wildman–Crippen LogP) is 7.28. The van der Waals surface area contributed by atoms with E-state index in [1.54, 1.807) is 23.1 Å². The molecule has 6 nitrogen and oxygen atoms in total. The van der Waals surface area contributed by atoms with Crippen molar-refractivity contribution in [3.8, 4) is 11.5 Å². The monoisotopic (exact) mass is 580 g/mol. The number of benzene rings is 3. The fourth-order valence-corrected chi connectivity index (χ4v) is 5.77. The van der Waals surface area contributed by atoms with Gasteiger partial charge < -0.3 is 14.8 Å². The van der Waals surface area contributed by atoms with E-state index in [2.05, 4.69) is 12.2 Å². The quantitative estimate of drug-likeness (QED) is 0.201. The Kier molecular flexibility index (Phi) is 9.67. The molecule has 202 valence electrons. The third kappa shape index (κ3) is 7.01. The lowest BCUT2D eigenvalue weighted by atomic mass is 10.1. The lowest BCUT2D eigenvalue weighted by Gasteiger charge is -2.23. The fraction of sp³-hybridized carbons (Fsp3) is 0.233. The molecule has 1 saturated heterocycles. The molecule has 1 N–H and O–H groups in total. The molecular formula is C30H29ClN2O4S2. The number of aryl methyl sites for hydroxylation is 1. The van der Waals surface area contributed by atoms with E-state index in [0.717, 1.165) is 12.0 Å². The van der Waals surface area contributed by atoms with Gasteiger partial charge in [0.05, 0.1) is 22.6 Å². The minimum atomic E-state index is -0.321. The number of carbonyl (C=O) groups excluding carboxylic acids is 2. The maximum Gasteiger partial charge on any atom is 0.266 e. The summed E-state index contributed by atoms with van der Waals surface area (Å²) in [4.78, 5) is 27.9. The van der Waals surface area contributed by atoms with Crippen LogP contribution in [0.5, 0.6) is 11.5 Å². The van der Waals surface area contributed by atoms with Crippen LogP contribution in [0.25, 0.3) is 6.08 Å². The van der Waals surface area contributed by atoms with Crippen molar-refractivity contribution < 1.29 is 19.1 Å². The Morgan fingerprint density at radius 1 is 1.10 bits per heavy atom. The van der Waals surface area contributed by atoms with Gasteiger partial charge in [-0.25, -0.2) is 0 Å². The second kappa shape index (κ2) is 13.2. The van der Waals surface area contributed by atoms with Gasteiger partial charge in [-0.1, -0.05) is 85.0 Å². The van der Waals surface area contributed by atoms with Crippen molar-refractivity contribution in [1.29, 1.82) is 0 Å². The van der Waals surface area contributed by atoms with Crippen molar-refractivity contribution in [2.75, 3.05) is 18.5 Å². The topological polar surface area (TPSA) is 67.9 Å². The maximum absolute atomic E-state index is 13.3. The van der Waals surface area contributed by atoms with E-state index in [1.807, 2.05) is 68.4 Å². The number of thiocarbonyl (C=S) groups is 1. The van der Waals surface area contributed by atoms with E-state index in [9.17, 15) is 9.59 Å². The summed E-state index contributed by atoms with van der Waals surface area (Å²) >= 11 is 13.3. The van der Waals surface area contributed by atoms with E-state index in [0.29, 0.717) is 32.8 Å². The molecule has 3 aromatic carbocycles. The van der Waals surface area contributed by atoms with Gasteiger partial charge in [0.2, 0.25) is 0 Å². The summed E-state index contributed by atoms with van der Waals surface area (Å²) in [6.07, 6.45) is 2.66. The summed E-state index contributed by atoms with van der Waals surface area (Å²) < 4.78 is 12.0. The number of hydrogen-bond acceptors (Lipinski definition) is 6. The Morgan fingerprint density at radius 3 is 2.49 bits per heavy atom. The second-order valence-corrected chi connectivity index (χ2v) is 10.9. The highest BCUT2D eigenvalue weighted by Gasteiger charge is 2.36. The van der Waals surface area contributed by atoms with E-state index in [-0.39, 0.29) is 35.2 Å². The van der Waals surface area contributed by atoms with Crippen LogP contribution in [-0.2, 0) is 16.0 Å². The highest BCUT2D eigenvalue weighted by atomic mass is 35.5. The second-order valence-electron chi connectivity index (χ2n) is 8.79. The number of nitrogens with zero attached hydrogens (tertiary/aromatic N) is 1. The zero-order chi connectivity index (χ0) is 27.9. The summed E-state index contributed by atoms with van der Waals surface area (Å²) in [6.45, 7) is 5.99. The summed E-state index contributed by atoms with van der Waals surface area (Å²) in [5.41, 5.74) is 3.53. The Morgan fingerprint density at radius 2 is 1.82 bits per heavy atom. The van der Waals surface area contributed by atoms with Crippen molar-refractivity contribution in [2.45, 2.75) is 33.2 Å². The van der Waals surface area contributed by atoms with Crippen molar-refractivity contribution in [2.24, 2.45) is 0 Å². The van der Waals surface area contributed by atoms with Gasteiger partial charge in [0.25, 0.3) is 11.8 Å². The molecule has 0 bridgehead atoms. The molecular weight excluding hydrogens is 552 g/mol. The number of nitrogens with one attached hydrogen (secondary N) is 1. The average molecular weight is 581 g/mol. The first-order valence-corrected chi connectivity index (χ1v) is 14.2. The van der Waals surface area contributed by atoms with Gasteiger partial charge in [-0.15, -0.1) is 0 Å². The van der Waals surface area contributed by atoms with Crippen LogP contribution in [0.4, 0.5) is 5.69 Å². The van der Waals surface area contributed by atoms with Gasteiger partial charge in [-0.05, 0) is 67.3 Å². The Hall–Kier alpha value is -3.33. The summed E-state index contributed by atoms with van der Waals surface area (Å²) in [5, 5.41) is 3.08. The number of rotatable bonds is 10. The van der Waals surface area contributed by atoms with Gasteiger partial charge in [0.15, 0.2) is 18.1 Å². The zero-order valence-corrected chi connectivity index (χ0v) is 24.3. The van der Waals surface area contributed by atoms with E-state index in [4.69, 9.17) is 33.3 Å². The van der Waals surface area contributed by atoms with Gasteiger partial charge in [0.1, 0.15) is 4.32 Å². The molecule has 0 spiro atoms. The summed E-state index contributed by atoms with van der Waals surface area (Å²) in [5.74, 6) is 0.152. The van der Waals surface area contributed by atoms with E-state index in [1.165, 1.54) is 17.3 Å². The molecule has 1 heterocycles. The first-order chi connectivity index (χ1) is 18.8. The van der Waals surface area contributed by atoms with E-state index < -0.39 is 0 Å². The number of carbonyl (C=O) groups is 2. The molecule has 0 aromatic heterocycles. The molecule has 2 amide bonds. The standard InChI is InChI=1S/C30H29ClN2O4S2/c1-4-20-11-13-23(14-12-20)32-27(34)18-37-28-24(31)15-21(16-25(28)36-5-2)17-26-29(35)33(30(38)39-26)19(3)22-9-7-6-8-10-22/h6-17,19H,4-5,18H2,1-3H3,(H,32,34)/b26-17-/t19-/m0/s1. The molecule has 0 aliphatic carbocycles. The Labute approximate surface area is 243 Å². The molecule has 1 atom stereocenters. The highest BCUT2D eigenvalue weighted by Crippen LogP contribution is 2.41. The van der Waals surface area contributed by atoms with Crippen LogP contribution >= 0.6 is 35.6 Å². The van der Waals surface area contributed by atoms with Crippen LogP contribution in [-0.4, -0.2) is 34.2 Å². The third-order valence-electron chi connectivity index (χ3n) is 6.12. The zero-order valence-electron chi connectivity index (χ0n) is 21.9. The molecule has 1 fully saturated rings. The Balaban J connectivity index is 1.49. The predicted molar refractivity (Wildman–Crippen MR) is 162 cm³/mol. The number of halogens is 1. The molecule has 3 aromatic rings. The average Bonchev–Trinajstić information content (AvgIpc) is 3.21. The lowest BCUT2D eigenvalue weighted by molar-refractivity contribution is -0.123. The van der Waals surface area contributed by atoms with Crippen molar-refractivity contribution in [3.63, 3.8) is 0 Å². The smallest absolute Gasteiger partial charge is 0.266 e. The fourth-order valence-electron chi connectivity index (χ4n) is 4.08. The number of amides is 2. The largest absolute Gasteiger partial charge is 0.490 e. The highest BCUT2D eigenvalue weighted by molar-refractivity contribution is 8.26. The van der Waals surface area contributed by atoms with Crippen LogP contribution in [0.1, 0.15) is 43.5 Å². The third-order valence-corrected chi connectivity index (χ3v) is 7.73. The normalized spacial score (nSPS) is 15.0. The molecule has 1 aliphatic heterocycles. The van der Waals surface area contributed by atoms with Crippen molar-refractivity contribution in [1.82, 2.24) is 4.90 Å². The lowest BCUT2D eigenvalue weighted by Crippen LogP contribution is -2.30. The SMILES string of the molecule is CCOc1cc(/C=C2\SC(=S)N([C@@H](C)c3ccccc3)C2=O)cc(Cl)c1OCC(=O)Nc1ccc(CC)cc1. The molecule has 39 heavy (non-hydrogen) atoms. The minimum Gasteiger partial charge on any atom is -0.490 e. The molecule has 4 rings (SSSR count). The van der Waals surface area contributed by atoms with Gasteiger partial charge in [0, 0.05) is 5.69 Å². The van der Waals surface area contributed by atoms with Crippen molar-refractivity contribution in [3.05, 3.63) is 93.3 Å². The molecule has 0 unspecified atom stereocenters. The molecule has 0 saturated carbocycles. The van der Waals surface area contributed by atoms with Crippen LogP contribution < -0.4 is 14.8 Å². The minimum absolute atomic E-state index is 0.167. The number of hydrogen-bond donors (Lipinski definition) is 1. The van der Waals surface area contributed by atoms with Crippen LogP contribution in [0.15, 0.2) is 71.6 Å². The van der Waals surface area contributed by atoms with Crippen LogP contribution in [0.2, 0.25) is 5.02 Å². The van der Waals surface area contributed by atoms with Gasteiger partial charge in [-0.3, -0.25) is 14.5 Å². The van der Waals surface area contributed by atoms with Crippen LogP contribution in [0, 0.1) is 0 Å². The first-order valence-electron chi connectivity index (χ1n) is 12.6. The number of ether oxygens (including phenoxy) is 2. The molecule has 9 heteroatoms. The summed E-state index contributed by atoms with van der Waals surface area (Å²) in [6, 6.07) is 20.6.